The van der Waals surface area contributed by atoms with E-state index in [9.17, 15) is 9.90 Å². The Hall–Kier alpha value is -2.03. The van der Waals surface area contributed by atoms with Gasteiger partial charge in [0.2, 0.25) is 0 Å². The van der Waals surface area contributed by atoms with Crippen molar-refractivity contribution in [1.82, 2.24) is 10.2 Å². The van der Waals surface area contributed by atoms with E-state index in [1.807, 2.05) is 18.2 Å². The van der Waals surface area contributed by atoms with Crippen LogP contribution in [0.3, 0.4) is 0 Å². The number of esters is 1. The van der Waals surface area contributed by atoms with Crippen LogP contribution in [0.5, 0.6) is 5.75 Å². The van der Waals surface area contributed by atoms with Crippen LogP contribution in [0.15, 0.2) is 57.8 Å². The number of carbonyl (C=O) groups is 1. The highest BCUT2D eigenvalue weighted by Gasteiger charge is 2.14. The normalized spacial score (nSPS) is 10.5. The Labute approximate surface area is 150 Å². The maximum absolute atomic E-state index is 11.8. The highest BCUT2D eigenvalue weighted by Crippen LogP contribution is 2.42. The molecule has 1 N–H and O–H groups in total. The van der Waals surface area contributed by atoms with E-state index in [4.69, 9.17) is 4.74 Å². The molecule has 3 aromatic rings. The number of carbonyl (C=O) groups excluding carboxylic acids is 1. The molecule has 5 nitrogen and oxygen atoms in total. The zero-order chi connectivity index (χ0) is 16.9. The number of nitrogens with zero attached hydrogens (tertiary/aromatic N) is 2. The number of ether oxygens (including phenoxy) is 1. The fourth-order valence-electron chi connectivity index (χ4n) is 1.91. The zero-order valence-corrected chi connectivity index (χ0v) is 15.0. The molecule has 122 valence electrons. The molecule has 2 aromatic carbocycles. The molecular weight excluding hydrogens is 364 g/mol. The van der Waals surface area contributed by atoms with Crippen LogP contribution in [-0.2, 0) is 4.74 Å². The van der Waals surface area contributed by atoms with Crippen LogP contribution in [0.4, 0.5) is 0 Å². The molecule has 0 saturated heterocycles. The summed E-state index contributed by atoms with van der Waals surface area (Å²) < 4.78 is 5.52. The number of hydrogen-bond donors (Lipinski definition) is 1. The monoisotopic (exact) mass is 376 g/mol. The van der Waals surface area contributed by atoms with Crippen LogP contribution in [0.1, 0.15) is 10.4 Å². The van der Waals surface area contributed by atoms with Crippen molar-refractivity contribution in [1.29, 1.82) is 0 Å². The number of aromatic hydroxyl groups is 1. The highest BCUT2D eigenvalue weighted by atomic mass is 33.1. The number of hydrogen-bond acceptors (Lipinski definition) is 8. The Balaban J connectivity index is 1.75. The summed E-state index contributed by atoms with van der Waals surface area (Å²) in [5.74, 6) is -0.195. The molecule has 1 aromatic heterocycles. The number of methoxy groups -OCH3 is 1. The van der Waals surface area contributed by atoms with Crippen molar-refractivity contribution < 1.29 is 14.6 Å². The first-order valence-electron chi connectivity index (χ1n) is 6.83. The SMILES string of the molecule is COC(=O)c1ccccc1SSc1nnc(-c2ccccc2O)s1. The first kappa shape index (κ1) is 16.8. The lowest BCUT2D eigenvalue weighted by atomic mass is 10.2. The van der Waals surface area contributed by atoms with Gasteiger partial charge in [0.1, 0.15) is 5.75 Å². The molecule has 0 spiro atoms. The van der Waals surface area contributed by atoms with Gasteiger partial charge in [0, 0.05) is 4.90 Å². The van der Waals surface area contributed by atoms with Gasteiger partial charge in [0.15, 0.2) is 9.35 Å². The molecule has 8 heteroatoms. The Bertz CT molecular complexity index is 867. The number of benzene rings is 2. The Morgan fingerprint density at radius 3 is 2.62 bits per heavy atom. The Kier molecular flexibility index (Phi) is 5.39. The molecule has 0 unspecified atom stereocenters. The number of phenols is 1. The summed E-state index contributed by atoms with van der Waals surface area (Å²) in [5, 5.41) is 18.8. The number of phenolic OH excluding ortho intramolecular Hbond substituents is 1. The van der Waals surface area contributed by atoms with Crippen molar-refractivity contribution in [2.75, 3.05) is 7.11 Å². The fraction of sp³-hybridized carbons (Fsp3) is 0.0625. The summed E-state index contributed by atoms with van der Waals surface area (Å²) in [6.45, 7) is 0. The van der Waals surface area contributed by atoms with Gasteiger partial charge < -0.3 is 9.84 Å². The molecule has 0 radical (unpaired) electrons. The Morgan fingerprint density at radius 1 is 1.08 bits per heavy atom. The second kappa shape index (κ2) is 7.69. The quantitative estimate of drug-likeness (QED) is 0.519. The average molecular weight is 376 g/mol. The second-order valence-electron chi connectivity index (χ2n) is 4.54. The number of aromatic nitrogens is 2. The van der Waals surface area contributed by atoms with Gasteiger partial charge in [-0.1, -0.05) is 35.6 Å². The van der Waals surface area contributed by atoms with E-state index in [0.717, 1.165) is 9.24 Å². The van der Waals surface area contributed by atoms with Crippen LogP contribution >= 0.6 is 32.9 Å². The maximum Gasteiger partial charge on any atom is 0.339 e. The standard InChI is InChI=1S/C16H12N2O3S3/c1-21-15(20)11-7-3-5-9-13(11)23-24-16-18-17-14(22-16)10-6-2-4-8-12(10)19/h2-9,19H,1H3. The van der Waals surface area contributed by atoms with Crippen LogP contribution in [-0.4, -0.2) is 28.4 Å². The molecule has 0 saturated carbocycles. The predicted octanol–water partition coefficient (Wildman–Crippen LogP) is 4.50. The van der Waals surface area contributed by atoms with Crippen LogP contribution in [0, 0.1) is 0 Å². The van der Waals surface area contributed by atoms with Gasteiger partial charge in [0.25, 0.3) is 0 Å². The molecule has 1 heterocycles. The van der Waals surface area contributed by atoms with Crippen molar-refractivity contribution in [2.45, 2.75) is 9.24 Å². The van der Waals surface area contributed by atoms with E-state index >= 15 is 0 Å². The molecule has 0 atom stereocenters. The minimum Gasteiger partial charge on any atom is -0.507 e. The average Bonchev–Trinajstić information content (AvgIpc) is 3.08. The topological polar surface area (TPSA) is 72.3 Å². The molecular formula is C16H12N2O3S3. The summed E-state index contributed by atoms with van der Waals surface area (Å²) in [7, 11) is 4.19. The first-order valence-corrected chi connectivity index (χ1v) is 9.79. The molecule has 0 bridgehead atoms. The van der Waals surface area contributed by atoms with E-state index < -0.39 is 0 Å². The molecule has 24 heavy (non-hydrogen) atoms. The summed E-state index contributed by atoms with van der Waals surface area (Å²) in [6.07, 6.45) is 0. The summed E-state index contributed by atoms with van der Waals surface area (Å²) in [6, 6.07) is 14.2. The predicted molar refractivity (Wildman–Crippen MR) is 96.5 cm³/mol. The first-order chi connectivity index (χ1) is 11.7. The minimum atomic E-state index is -0.370. The van der Waals surface area contributed by atoms with Crippen molar-refractivity contribution in [3.63, 3.8) is 0 Å². The van der Waals surface area contributed by atoms with E-state index in [1.54, 1.807) is 30.3 Å². The van der Waals surface area contributed by atoms with E-state index in [2.05, 4.69) is 10.2 Å². The van der Waals surface area contributed by atoms with Crippen molar-refractivity contribution >= 4 is 38.9 Å². The molecule has 0 aliphatic rings. The second-order valence-corrected chi connectivity index (χ2v) is 7.94. The van der Waals surface area contributed by atoms with Gasteiger partial charge in [-0.25, -0.2) is 4.79 Å². The number of para-hydroxylation sites is 1. The van der Waals surface area contributed by atoms with Crippen molar-refractivity contribution in [2.24, 2.45) is 0 Å². The third-order valence-corrected chi connectivity index (χ3v) is 6.71. The number of rotatable bonds is 5. The highest BCUT2D eigenvalue weighted by molar-refractivity contribution is 8.77. The van der Waals surface area contributed by atoms with E-state index in [1.165, 1.54) is 40.0 Å². The van der Waals surface area contributed by atoms with Gasteiger partial charge in [0.05, 0.1) is 18.2 Å². The van der Waals surface area contributed by atoms with Gasteiger partial charge in [-0.15, -0.1) is 10.2 Å². The van der Waals surface area contributed by atoms with Crippen LogP contribution in [0.2, 0.25) is 0 Å². The molecule has 0 amide bonds. The lowest BCUT2D eigenvalue weighted by molar-refractivity contribution is 0.0597. The van der Waals surface area contributed by atoms with Gasteiger partial charge in [-0.2, -0.15) is 0 Å². The fourth-order valence-corrected chi connectivity index (χ4v) is 5.13. The van der Waals surface area contributed by atoms with Crippen molar-refractivity contribution in [3.05, 3.63) is 54.1 Å². The summed E-state index contributed by atoms with van der Waals surface area (Å²) in [5.41, 5.74) is 1.17. The molecule has 0 aliphatic heterocycles. The third-order valence-electron chi connectivity index (χ3n) is 3.04. The summed E-state index contributed by atoms with van der Waals surface area (Å²) >= 11 is 1.38. The smallest absolute Gasteiger partial charge is 0.339 e. The van der Waals surface area contributed by atoms with Crippen LogP contribution in [0.25, 0.3) is 10.6 Å². The van der Waals surface area contributed by atoms with Gasteiger partial charge in [-0.05, 0) is 45.9 Å². The molecule has 0 fully saturated rings. The molecule has 0 aliphatic carbocycles. The van der Waals surface area contributed by atoms with Crippen LogP contribution < -0.4 is 0 Å². The molecule has 3 rings (SSSR count). The summed E-state index contributed by atoms with van der Waals surface area (Å²) in [4.78, 5) is 12.6. The minimum absolute atomic E-state index is 0.175. The largest absolute Gasteiger partial charge is 0.507 e. The van der Waals surface area contributed by atoms with Gasteiger partial charge in [-0.3, -0.25) is 0 Å². The maximum atomic E-state index is 11.8. The zero-order valence-electron chi connectivity index (χ0n) is 12.5. The third kappa shape index (κ3) is 3.72. The lowest BCUT2D eigenvalue weighted by Gasteiger charge is -2.05. The van der Waals surface area contributed by atoms with E-state index in [-0.39, 0.29) is 11.7 Å². The van der Waals surface area contributed by atoms with Gasteiger partial charge >= 0.3 is 5.97 Å². The Morgan fingerprint density at radius 2 is 1.83 bits per heavy atom. The van der Waals surface area contributed by atoms with Crippen molar-refractivity contribution in [3.8, 4) is 16.3 Å². The van der Waals surface area contributed by atoms with E-state index in [0.29, 0.717) is 16.1 Å². The lowest BCUT2D eigenvalue weighted by Crippen LogP contribution is -2.02.